The van der Waals surface area contributed by atoms with Gasteiger partial charge in [-0.15, -0.1) is 0 Å². The number of nitrogens with zero attached hydrogens (tertiary/aromatic N) is 2. The fraction of sp³-hybridized carbons (Fsp3) is 0.619. The highest BCUT2D eigenvalue weighted by Gasteiger charge is 2.37. The third kappa shape index (κ3) is 5.10. The number of hydrogen-bond donors (Lipinski definition) is 0. The number of piperidine rings is 1. The molecule has 1 aromatic carbocycles. The summed E-state index contributed by atoms with van der Waals surface area (Å²) in [6.07, 6.45) is -1.24. The molecule has 0 aromatic heterocycles. The van der Waals surface area contributed by atoms with Crippen molar-refractivity contribution < 1.29 is 27.5 Å². The number of rotatable bonds is 4. The maximum Gasteiger partial charge on any atom is 0.416 e. The van der Waals surface area contributed by atoms with Crippen LogP contribution in [0.5, 0.6) is 0 Å². The summed E-state index contributed by atoms with van der Waals surface area (Å²) in [7, 11) is 0. The van der Waals surface area contributed by atoms with Gasteiger partial charge in [-0.25, -0.2) is 0 Å². The van der Waals surface area contributed by atoms with Crippen LogP contribution in [-0.4, -0.2) is 53.9 Å². The lowest BCUT2D eigenvalue weighted by atomic mass is 9.99. The maximum absolute atomic E-state index is 13.2. The second kappa shape index (κ2) is 9.15. The summed E-state index contributed by atoms with van der Waals surface area (Å²) in [6, 6.07) is 4.42. The molecular formula is C21H27F3N2O3. The number of likely N-dealkylation sites (tertiary alicyclic amines) is 1. The van der Waals surface area contributed by atoms with Crippen molar-refractivity contribution in [3.63, 3.8) is 0 Å². The van der Waals surface area contributed by atoms with Crippen LogP contribution in [0.3, 0.4) is 0 Å². The first-order valence-corrected chi connectivity index (χ1v) is 10.2. The van der Waals surface area contributed by atoms with Crippen LogP contribution in [0.15, 0.2) is 24.3 Å². The van der Waals surface area contributed by atoms with Gasteiger partial charge in [0, 0.05) is 19.5 Å². The Morgan fingerprint density at radius 1 is 1.14 bits per heavy atom. The predicted octanol–water partition coefficient (Wildman–Crippen LogP) is 3.79. The fourth-order valence-electron chi connectivity index (χ4n) is 3.99. The van der Waals surface area contributed by atoms with Gasteiger partial charge in [-0.1, -0.05) is 19.1 Å². The molecule has 3 rings (SSSR count). The molecule has 2 saturated heterocycles. The molecule has 0 aliphatic carbocycles. The lowest BCUT2D eigenvalue weighted by molar-refractivity contribution is -0.152. The van der Waals surface area contributed by atoms with Gasteiger partial charge < -0.3 is 14.5 Å². The minimum Gasteiger partial charge on any atom is -0.370 e. The van der Waals surface area contributed by atoms with Gasteiger partial charge in [0.2, 0.25) is 11.8 Å². The molecule has 2 amide bonds. The maximum atomic E-state index is 13.2. The smallest absolute Gasteiger partial charge is 0.370 e. The van der Waals surface area contributed by atoms with E-state index in [1.165, 1.54) is 12.1 Å². The number of carbonyl (C=O) groups is 2. The van der Waals surface area contributed by atoms with Gasteiger partial charge >= 0.3 is 6.18 Å². The molecule has 0 bridgehead atoms. The third-order valence-corrected chi connectivity index (χ3v) is 5.56. The van der Waals surface area contributed by atoms with Gasteiger partial charge in [0.15, 0.2) is 0 Å². The molecule has 29 heavy (non-hydrogen) atoms. The van der Waals surface area contributed by atoms with E-state index in [1.807, 2.05) is 6.92 Å². The lowest BCUT2D eigenvalue weighted by Crippen LogP contribution is -2.55. The van der Waals surface area contributed by atoms with Crippen molar-refractivity contribution in [3.8, 4) is 0 Å². The highest BCUT2D eigenvalue weighted by molar-refractivity contribution is 5.88. The number of halogens is 3. The van der Waals surface area contributed by atoms with Gasteiger partial charge in [-0.3, -0.25) is 9.59 Å². The van der Waals surface area contributed by atoms with Gasteiger partial charge in [-0.2, -0.15) is 13.2 Å². The standard InChI is InChI=1S/C21H27F3N2O3/c1-2-5-19(27)26-11-4-3-6-17(26)20(28)25-12-13-29-18(14-25)15-7-9-16(10-8-15)21(22,23)24/h7-10,17-18H,2-6,11-14H2,1H3. The Bertz CT molecular complexity index is 721. The van der Waals surface area contributed by atoms with E-state index in [4.69, 9.17) is 4.74 Å². The average molecular weight is 412 g/mol. The van der Waals surface area contributed by atoms with Crippen molar-refractivity contribution >= 4 is 11.8 Å². The first-order valence-electron chi connectivity index (χ1n) is 10.2. The molecule has 0 saturated carbocycles. The molecule has 0 radical (unpaired) electrons. The molecule has 2 atom stereocenters. The molecule has 2 unspecified atom stereocenters. The monoisotopic (exact) mass is 412 g/mol. The molecule has 0 spiro atoms. The Balaban J connectivity index is 1.69. The number of carbonyl (C=O) groups excluding carboxylic acids is 2. The van der Waals surface area contributed by atoms with E-state index >= 15 is 0 Å². The molecule has 160 valence electrons. The van der Waals surface area contributed by atoms with E-state index < -0.39 is 23.9 Å². The van der Waals surface area contributed by atoms with E-state index in [0.717, 1.165) is 31.4 Å². The SMILES string of the molecule is CCCC(=O)N1CCCCC1C(=O)N1CCOC(c2ccc(C(F)(F)F)cc2)C1. The first-order chi connectivity index (χ1) is 13.8. The number of amides is 2. The summed E-state index contributed by atoms with van der Waals surface area (Å²) >= 11 is 0. The van der Waals surface area contributed by atoms with Crippen molar-refractivity contribution in [2.45, 2.75) is 57.3 Å². The van der Waals surface area contributed by atoms with Crippen molar-refractivity contribution in [1.29, 1.82) is 0 Å². The number of ether oxygens (including phenoxy) is 1. The number of alkyl halides is 3. The molecule has 0 N–H and O–H groups in total. The number of hydrogen-bond acceptors (Lipinski definition) is 3. The summed E-state index contributed by atoms with van der Waals surface area (Å²) < 4.78 is 44.0. The Labute approximate surface area is 168 Å². The van der Waals surface area contributed by atoms with Crippen molar-refractivity contribution in [2.24, 2.45) is 0 Å². The van der Waals surface area contributed by atoms with Crippen LogP contribution in [0.4, 0.5) is 13.2 Å². The van der Waals surface area contributed by atoms with Crippen LogP contribution in [0.25, 0.3) is 0 Å². The van der Waals surface area contributed by atoms with Crippen LogP contribution >= 0.6 is 0 Å². The average Bonchev–Trinajstić information content (AvgIpc) is 2.73. The fourth-order valence-corrected chi connectivity index (χ4v) is 3.99. The highest BCUT2D eigenvalue weighted by atomic mass is 19.4. The molecule has 1 aromatic rings. The molecule has 8 heteroatoms. The predicted molar refractivity (Wildman–Crippen MR) is 101 cm³/mol. The van der Waals surface area contributed by atoms with Crippen molar-refractivity contribution in [1.82, 2.24) is 9.80 Å². The number of morpholine rings is 1. The van der Waals surface area contributed by atoms with E-state index in [2.05, 4.69) is 0 Å². The van der Waals surface area contributed by atoms with E-state index in [-0.39, 0.29) is 18.4 Å². The second-order valence-electron chi connectivity index (χ2n) is 7.61. The van der Waals surface area contributed by atoms with E-state index in [0.29, 0.717) is 38.1 Å². The minimum absolute atomic E-state index is 0.0121. The van der Waals surface area contributed by atoms with Gasteiger partial charge in [0.1, 0.15) is 12.1 Å². The molecule has 2 heterocycles. The largest absolute Gasteiger partial charge is 0.416 e. The van der Waals surface area contributed by atoms with Gasteiger partial charge in [0.25, 0.3) is 0 Å². The Kier molecular flexibility index (Phi) is 6.82. The summed E-state index contributed by atoms with van der Waals surface area (Å²) in [6.45, 7) is 3.54. The van der Waals surface area contributed by atoms with E-state index in [1.54, 1.807) is 9.80 Å². The quantitative estimate of drug-likeness (QED) is 0.756. The number of benzene rings is 1. The highest BCUT2D eigenvalue weighted by Crippen LogP contribution is 2.31. The second-order valence-corrected chi connectivity index (χ2v) is 7.61. The Morgan fingerprint density at radius 2 is 1.86 bits per heavy atom. The van der Waals surface area contributed by atoms with Crippen molar-refractivity contribution in [2.75, 3.05) is 26.2 Å². The van der Waals surface area contributed by atoms with Crippen LogP contribution in [-0.2, 0) is 20.5 Å². The molecule has 2 fully saturated rings. The molecular weight excluding hydrogens is 385 g/mol. The molecule has 5 nitrogen and oxygen atoms in total. The third-order valence-electron chi connectivity index (χ3n) is 5.56. The Hall–Kier alpha value is -2.09. The summed E-state index contributed by atoms with van der Waals surface area (Å²) in [5.74, 6) is -0.0764. The summed E-state index contributed by atoms with van der Waals surface area (Å²) in [5, 5.41) is 0. The van der Waals surface area contributed by atoms with Crippen LogP contribution in [0.1, 0.15) is 56.3 Å². The van der Waals surface area contributed by atoms with Crippen molar-refractivity contribution in [3.05, 3.63) is 35.4 Å². The zero-order valence-electron chi connectivity index (χ0n) is 16.6. The summed E-state index contributed by atoms with van der Waals surface area (Å²) in [5.41, 5.74) is -0.102. The normalized spacial score (nSPS) is 23.2. The van der Waals surface area contributed by atoms with E-state index in [9.17, 15) is 22.8 Å². The zero-order valence-corrected chi connectivity index (χ0v) is 16.6. The molecule has 2 aliphatic rings. The lowest BCUT2D eigenvalue weighted by Gasteiger charge is -2.40. The van der Waals surface area contributed by atoms with Crippen LogP contribution < -0.4 is 0 Å². The molecule has 2 aliphatic heterocycles. The first kappa shape index (κ1) is 21.6. The Morgan fingerprint density at radius 3 is 2.52 bits per heavy atom. The van der Waals surface area contributed by atoms with Crippen LogP contribution in [0.2, 0.25) is 0 Å². The van der Waals surface area contributed by atoms with Gasteiger partial charge in [-0.05, 0) is 43.4 Å². The minimum atomic E-state index is -4.39. The van der Waals surface area contributed by atoms with Crippen LogP contribution in [0, 0.1) is 0 Å². The summed E-state index contributed by atoms with van der Waals surface area (Å²) in [4.78, 5) is 29.0. The zero-order chi connectivity index (χ0) is 21.0. The topological polar surface area (TPSA) is 49.9 Å². The van der Waals surface area contributed by atoms with Gasteiger partial charge in [0.05, 0.1) is 18.7 Å².